The monoisotopic (exact) mass is 489 g/mol. The van der Waals surface area contributed by atoms with Gasteiger partial charge in [0.25, 0.3) is 0 Å². The molecule has 0 bridgehead atoms. The summed E-state index contributed by atoms with van der Waals surface area (Å²) in [5.74, 6) is 0. The fourth-order valence-corrected chi connectivity index (χ4v) is 6.05. The van der Waals surface area contributed by atoms with Gasteiger partial charge in [-0.1, -0.05) is 90.0 Å². The van der Waals surface area contributed by atoms with Gasteiger partial charge in [0.05, 0.1) is 5.69 Å². The molecule has 0 fully saturated rings. The van der Waals surface area contributed by atoms with Gasteiger partial charge in [-0.3, -0.25) is 4.98 Å². The highest BCUT2D eigenvalue weighted by molar-refractivity contribution is 9.10. The van der Waals surface area contributed by atoms with Gasteiger partial charge in [0, 0.05) is 27.0 Å². The Balaban J connectivity index is 1.64. The molecule has 1 unspecified atom stereocenters. The molecule has 2 heteroatoms. The van der Waals surface area contributed by atoms with Crippen LogP contribution in [0.5, 0.6) is 0 Å². The molecular formula is C31H24BrN. The summed E-state index contributed by atoms with van der Waals surface area (Å²) in [5.41, 5.74) is 11.3. The van der Waals surface area contributed by atoms with Crippen molar-refractivity contribution in [1.29, 1.82) is 0 Å². The van der Waals surface area contributed by atoms with Crippen molar-refractivity contribution in [2.24, 2.45) is 0 Å². The van der Waals surface area contributed by atoms with Gasteiger partial charge in [-0.05, 0) is 76.0 Å². The smallest absolute Gasteiger partial charge is 0.0781 e. The Bertz CT molecular complexity index is 1550. The highest BCUT2D eigenvalue weighted by atomic mass is 79.9. The van der Waals surface area contributed by atoms with E-state index in [0.717, 1.165) is 21.1 Å². The van der Waals surface area contributed by atoms with Crippen LogP contribution in [0.1, 0.15) is 34.7 Å². The van der Waals surface area contributed by atoms with E-state index in [9.17, 15) is 0 Å². The first-order valence-electron chi connectivity index (χ1n) is 11.3. The van der Waals surface area contributed by atoms with Crippen molar-refractivity contribution in [3.05, 3.63) is 123 Å². The molecule has 1 aliphatic rings. The second kappa shape index (κ2) is 7.40. The number of nitrogens with zero attached hydrogens (tertiary/aromatic N) is 1. The number of aryl methyl sites for hydroxylation is 2. The maximum Gasteiger partial charge on any atom is 0.0781 e. The summed E-state index contributed by atoms with van der Waals surface area (Å²) in [6.45, 7) is 6.76. The summed E-state index contributed by atoms with van der Waals surface area (Å²) in [6.07, 6.45) is 1.92. The Hall–Kier alpha value is -3.23. The summed E-state index contributed by atoms with van der Waals surface area (Å²) >= 11 is 3.67. The third-order valence-electron chi connectivity index (χ3n) is 7.13. The van der Waals surface area contributed by atoms with Crippen molar-refractivity contribution in [3.8, 4) is 22.4 Å². The molecule has 0 spiro atoms. The van der Waals surface area contributed by atoms with Crippen LogP contribution in [0.3, 0.4) is 0 Å². The summed E-state index contributed by atoms with van der Waals surface area (Å²) in [6, 6.07) is 31.2. The van der Waals surface area contributed by atoms with E-state index in [2.05, 4.69) is 122 Å². The molecule has 5 aromatic rings. The van der Waals surface area contributed by atoms with Crippen molar-refractivity contribution in [2.45, 2.75) is 26.2 Å². The van der Waals surface area contributed by atoms with Crippen LogP contribution in [0, 0.1) is 13.8 Å². The van der Waals surface area contributed by atoms with Crippen LogP contribution in [0.25, 0.3) is 33.2 Å². The molecule has 6 rings (SSSR count). The van der Waals surface area contributed by atoms with E-state index in [1.165, 1.54) is 44.3 Å². The Kier molecular flexibility index (Phi) is 4.57. The minimum absolute atomic E-state index is 0.218. The molecule has 0 aliphatic heterocycles. The van der Waals surface area contributed by atoms with Crippen LogP contribution in [-0.4, -0.2) is 4.98 Å². The first kappa shape index (κ1) is 20.4. The SMILES string of the molecule is Cc1cc(C)cc(C2(C)c3ccccc3-c3ccc(-c4ncc(Br)c5ccccc45)cc32)c1. The lowest BCUT2D eigenvalue weighted by atomic mass is 9.73. The number of hydrogen-bond donors (Lipinski definition) is 0. The molecule has 1 atom stereocenters. The van der Waals surface area contributed by atoms with E-state index < -0.39 is 0 Å². The van der Waals surface area contributed by atoms with E-state index in [1.807, 2.05) is 6.20 Å². The first-order valence-corrected chi connectivity index (χ1v) is 12.1. The average molecular weight is 490 g/mol. The molecule has 1 aromatic heterocycles. The molecule has 0 saturated heterocycles. The molecule has 4 aromatic carbocycles. The van der Waals surface area contributed by atoms with Gasteiger partial charge in [0.2, 0.25) is 0 Å². The number of halogens is 1. The van der Waals surface area contributed by atoms with Crippen molar-refractivity contribution in [3.63, 3.8) is 0 Å². The number of pyridine rings is 1. The third kappa shape index (κ3) is 3.01. The molecule has 33 heavy (non-hydrogen) atoms. The number of fused-ring (bicyclic) bond motifs is 4. The molecule has 160 valence electrons. The van der Waals surface area contributed by atoms with Gasteiger partial charge in [-0.15, -0.1) is 0 Å². The van der Waals surface area contributed by atoms with Crippen LogP contribution in [0.4, 0.5) is 0 Å². The van der Waals surface area contributed by atoms with Crippen LogP contribution in [-0.2, 0) is 5.41 Å². The average Bonchev–Trinajstić information content (AvgIpc) is 3.08. The Morgan fingerprint density at radius 1 is 0.697 bits per heavy atom. The van der Waals surface area contributed by atoms with Gasteiger partial charge in [0.1, 0.15) is 0 Å². The molecule has 0 radical (unpaired) electrons. The lowest BCUT2D eigenvalue weighted by molar-refractivity contribution is 0.712. The predicted octanol–water partition coefficient (Wildman–Crippen LogP) is 8.62. The van der Waals surface area contributed by atoms with E-state index >= 15 is 0 Å². The molecule has 0 N–H and O–H groups in total. The van der Waals surface area contributed by atoms with Gasteiger partial charge >= 0.3 is 0 Å². The van der Waals surface area contributed by atoms with Crippen molar-refractivity contribution in [2.75, 3.05) is 0 Å². The lowest BCUT2D eigenvalue weighted by Crippen LogP contribution is -2.22. The summed E-state index contributed by atoms with van der Waals surface area (Å²) < 4.78 is 1.02. The number of rotatable bonds is 2. The van der Waals surface area contributed by atoms with Crippen molar-refractivity contribution in [1.82, 2.24) is 4.98 Å². The van der Waals surface area contributed by atoms with Crippen molar-refractivity contribution >= 4 is 26.7 Å². The van der Waals surface area contributed by atoms with Gasteiger partial charge in [-0.2, -0.15) is 0 Å². The highest BCUT2D eigenvalue weighted by Gasteiger charge is 2.41. The number of aromatic nitrogens is 1. The Morgan fingerprint density at radius 2 is 1.36 bits per heavy atom. The second-order valence-corrected chi connectivity index (χ2v) is 10.2. The minimum atomic E-state index is -0.218. The fourth-order valence-electron chi connectivity index (χ4n) is 5.60. The molecular weight excluding hydrogens is 466 g/mol. The minimum Gasteiger partial charge on any atom is -0.254 e. The zero-order valence-electron chi connectivity index (χ0n) is 19.0. The topological polar surface area (TPSA) is 12.9 Å². The molecule has 0 amide bonds. The fraction of sp³-hybridized carbons (Fsp3) is 0.129. The molecule has 0 saturated carbocycles. The van der Waals surface area contributed by atoms with E-state index in [4.69, 9.17) is 4.98 Å². The van der Waals surface area contributed by atoms with E-state index in [0.29, 0.717) is 0 Å². The molecule has 1 nitrogen and oxygen atoms in total. The van der Waals surface area contributed by atoms with Gasteiger partial charge < -0.3 is 0 Å². The second-order valence-electron chi connectivity index (χ2n) is 9.31. The normalized spacial score (nSPS) is 16.6. The Labute approximate surface area is 203 Å². The van der Waals surface area contributed by atoms with Crippen LogP contribution in [0.15, 0.2) is 95.6 Å². The van der Waals surface area contributed by atoms with Crippen LogP contribution < -0.4 is 0 Å². The maximum absolute atomic E-state index is 4.85. The van der Waals surface area contributed by atoms with Gasteiger partial charge in [0.15, 0.2) is 0 Å². The third-order valence-corrected chi connectivity index (χ3v) is 7.77. The maximum atomic E-state index is 4.85. The zero-order chi connectivity index (χ0) is 22.7. The quantitative estimate of drug-likeness (QED) is 0.241. The standard InChI is InChI=1S/C31H24BrN/c1-19-14-20(2)16-22(15-19)31(3)27-11-7-6-8-23(27)24-13-12-21(17-28(24)31)30-26-10-5-4-9-25(26)29(32)18-33-30/h4-18H,1-3H3. The van der Waals surface area contributed by atoms with Crippen LogP contribution >= 0.6 is 15.9 Å². The molecule has 1 aliphatic carbocycles. The van der Waals surface area contributed by atoms with Crippen LogP contribution in [0.2, 0.25) is 0 Å². The lowest BCUT2D eigenvalue weighted by Gasteiger charge is -2.29. The predicted molar refractivity (Wildman–Crippen MR) is 142 cm³/mol. The largest absolute Gasteiger partial charge is 0.254 e. The highest BCUT2D eigenvalue weighted by Crippen LogP contribution is 2.53. The number of hydrogen-bond acceptors (Lipinski definition) is 1. The van der Waals surface area contributed by atoms with Gasteiger partial charge in [-0.25, -0.2) is 0 Å². The van der Waals surface area contributed by atoms with Crippen molar-refractivity contribution < 1.29 is 0 Å². The van der Waals surface area contributed by atoms with E-state index in [1.54, 1.807) is 0 Å². The summed E-state index contributed by atoms with van der Waals surface area (Å²) in [7, 11) is 0. The summed E-state index contributed by atoms with van der Waals surface area (Å²) in [5, 5.41) is 2.35. The first-order chi connectivity index (χ1) is 16.0. The zero-order valence-corrected chi connectivity index (χ0v) is 20.6. The Morgan fingerprint density at radius 3 is 2.15 bits per heavy atom. The summed E-state index contributed by atoms with van der Waals surface area (Å²) in [4.78, 5) is 4.85. The van der Waals surface area contributed by atoms with E-state index in [-0.39, 0.29) is 5.41 Å². The molecule has 1 heterocycles. The number of benzene rings is 4.